The van der Waals surface area contributed by atoms with Crippen molar-refractivity contribution in [1.82, 2.24) is 35.4 Å². The fourth-order valence-corrected chi connectivity index (χ4v) is 8.97. The van der Waals surface area contributed by atoms with E-state index in [1.807, 2.05) is 78.6 Å². The third kappa shape index (κ3) is 10.8. The summed E-state index contributed by atoms with van der Waals surface area (Å²) in [5.41, 5.74) is 4.41. The van der Waals surface area contributed by atoms with Gasteiger partial charge in [0, 0.05) is 24.4 Å². The van der Waals surface area contributed by atoms with Crippen LogP contribution in [0.2, 0.25) is 0 Å². The molecule has 3 aromatic carbocycles. The maximum absolute atomic E-state index is 14.3. The first-order chi connectivity index (χ1) is 30.8. The molecule has 1 saturated heterocycles. The summed E-state index contributed by atoms with van der Waals surface area (Å²) in [6.45, 7) is 20.2. The Morgan fingerprint density at radius 3 is 2.11 bits per heavy atom. The zero-order valence-corrected chi connectivity index (χ0v) is 39.6. The molecule has 1 saturated carbocycles. The number of aromatic nitrogens is 2. The van der Waals surface area contributed by atoms with Gasteiger partial charge in [0.2, 0.25) is 11.8 Å². The van der Waals surface area contributed by atoms with E-state index in [1.54, 1.807) is 9.91 Å². The Morgan fingerprint density at radius 2 is 1.55 bits per heavy atom. The molecule has 0 radical (unpaired) electrons. The van der Waals surface area contributed by atoms with Crippen LogP contribution in [-0.4, -0.2) is 99.5 Å². The molecule has 0 bridgehead atoms. The number of amidine groups is 1. The Kier molecular flexibility index (Phi) is 14.8. The van der Waals surface area contributed by atoms with E-state index in [1.165, 1.54) is 20.4 Å². The topological polar surface area (TPSA) is 188 Å². The number of hydrogen-bond acceptors (Lipinski definition) is 9. The molecule has 1 aromatic heterocycles. The molecule has 1 aliphatic heterocycles. The normalized spacial score (nSPS) is 17.2. The first-order valence-electron chi connectivity index (χ1n) is 22.5. The van der Waals surface area contributed by atoms with Crippen LogP contribution in [0.25, 0.3) is 33.2 Å². The minimum atomic E-state index is -0.858. The van der Waals surface area contributed by atoms with Crippen LogP contribution in [0.4, 0.5) is 9.59 Å². The summed E-state index contributed by atoms with van der Waals surface area (Å²) in [4.78, 5) is 69.2. The summed E-state index contributed by atoms with van der Waals surface area (Å²) in [5, 5.41) is 9.21. The van der Waals surface area contributed by atoms with Gasteiger partial charge in [0.05, 0.1) is 44.7 Å². The van der Waals surface area contributed by atoms with Crippen molar-refractivity contribution in [2.45, 2.75) is 118 Å². The molecule has 65 heavy (non-hydrogen) atoms. The Hall–Kier alpha value is -6.22. The first kappa shape index (κ1) is 48.2. The number of nitrogens with one attached hydrogen (secondary N) is 3. The number of alkyl carbamates (subject to hydrolysis) is 2. The lowest BCUT2D eigenvalue weighted by molar-refractivity contribution is -0.139. The summed E-state index contributed by atoms with van der Waals surface area (Å²) < 4.78 is 9.68. The van der Waals surface area contributed by atoms with Crippen LogP contribution < -0.4 is 16.5 Å². The van der Waals surface area contributed by atoms with Crippen LogP contribution in [0.5, 0.6) is 0 Å². The average molecular weight is 890 g/mol. The number of benzene rings is 3. The molecule has 2 aliphatic rings. The molecule has 4 atom stereocenters. The van der Waals surface area contributed by atoms with E-state index in [0.717, 1.165) is 63.8 Å². The van der Waals surface area contributed by atoms with E-state index in [-0.39, 0.29) is 35.2 Å². The van der Waals surface area contributed by atoms with Crippen molar-refractivity contribution in [2.24, 2.45) is 27.6 Å². The number of carbonyl (C=O) groups is 4. The molecule has 348 valence electrons. The van der Waals surface area contributed by atoms with E-state index in [9.17, 15) is 19.2 Å². The van der Waals surface area contributed by atoms with Crippen molar-refractivity contribution >= 4 is 40.6 Å². The standard InChI is InChI=1S/C50H67N9O6/c1-12-39(59(31(5)6)46(61)42(49(7,8)9)56-48(63)65-11)44(52-13-2)58(51)28-32-14-16-33(17-15-32)34-18-19-36-25-37(21-20-35(36)24-34)38-27-53-43(54-38)40-26-50(22-23-50)29-57(40)45(60)41(30(3)4)55-47(62)64-10/h13-21,24-25,27,30-31,39-42H,2,12,22-23,26,28-29,51H2,1,3-11H3,(H,53,54)(H,55,62)(H,56,63)/t39-,40-,41-,42+/m0/s1. The van der Waals surface area contributed by atoms with Crippen LogP contribution in [-0.2, 0) is 25.6 Å². The maximum atomic E-state index is 14.3. The van der Waals surface area contributed by atoms with Gasteiger partial charge in [-0.15, -0.1) is 0 Å². The molecular weight excluding hydrogens is 823 g/mol. The minimum absolute atomic E-state index is 0.108. The lowest BCUT2D eigenvalue weighted by Gasteiger charge is -2.42. The number of imidazole rings is 1. The monoisotopic (exact) mass is 890 g/mol. The van der Waals surface area contributed by atoms with Crippen molar-refractivity contribution < 1.29 is 28.7 Å². The minimum Gasteiger partial charge on any atom is -0.453 e. The van der Waals surface area contributed by atoms with Crippen LogP contribution >= 0.6 is 0 Å². The number of aromatic amines is 1. The van der Waals surface area contributed by atoms with Crippen molar-refractivity contribution in [3.63, 3.8) is 0 Å². The molecular formula is C50H67N9O6. The molecule has 5 N–H and O–H groups in total. The summed E-state index contributed by atoms with van der Waals surface area (Å²) >= 11 is 0. The number of carbonyl (C=O) groups excluding carboxylic acids is 4. The second-order valence-corrected chi connectivity index (χ2v) is 19.2. The van der Waals surface area contributed by atoms with Gasteiger partial charge in [-0.3, -0.25) is 14.6 Å². The number of methoxy groups -OCH3 is 2. The fourth-order valence-electron chi connectivity index (χ4n) is 8.97. The number of nitrogens with zero attached hydrogens (tertiary/aromatic N) is 5. The highest BCUT2D eigenvalue weighted by atomic mass is 16.5. The number of H-pyrrole nitrogens is 1. The molecule has 15 heteroatoms. The van der Waals surface area contributed by atoms with Crippen LogP contribution in [0.1, 0.15) is 98.5 Å². The molecule has 4 aromatic rings. The summed E-state index contributed by atoms with van der Waals surface area (Å²) in [7, 11) is 2.58. The number of rotatable bonds is 15. The number of hydrazine groups is 1. The van der Waals surface area contributed by atoms with Gasteiger partial charge >= 0.3 is 12.2 Å². The molecule has 1 spiro atoms. The Labute approximate surface area is 383 Å². The van der Waals surface area contributed by atoms with Gasteiger partial charge in [-0.1, -0.05) is 96.7 Å². The van der Waals surface area contributed by atoms with E-state index < -0.39 is 35.7 Å². The molecule has 0 unspecified atom stereocenters. The van der Waals surface area contributed by atoms with E-state index in [2.05, 4.69) is 75.7 Å². The highest BCUT2D eigenvalue weighted by molar-refractivity contribution is 5.95. The Morgan fingerprint density at radius 1 is 0.954 bits per heavy atom. The van der Waals surface area contributed by atoms with Crippen LogP contribution in [0.15, 0.2) is 84.6 Å². The SMILES string of the molecule is C=CN=C([C@H](CC)N(C(=O)[C@@H](NC(=O)OC)C(C)(C)C)C(C)C)N(N)Cc1ccc(-c2ccc3cc(-c4cnc([C@@H]5CC6(CC6)CN5C(=O)[C@@H](NC(=O)OC)C(C)C)[nH]4)ccc3c2)cc1. The number of ether oxygens (including phenoxy) is 2. The average Bonchev–Trinajstić information content (AvgIpc) is 3.66. The summed E-state index contributed by atoms with van der Waals surface area (Å²) in [6.07, 6.45) is 5.48. The van der Waals surface area contributed by atoms with Crippen LogP contribution in [0.3, 0.4) is 0 Å². The lowest BCUT2D eigenvalue weighted by Crippen LogP contribution is -2.61. The fraction of sp³-hybridized carbons (Fsp3) is 0.480. The second-order valence-electron chi connectivity index (χ2n) is 19.2. The van der Waals surface area contributed by atoms with Crippen molar-refractivity contribution in [3.8, 4) is 22.4 Å². The molecule has 6 rings (SSSR count). The smallest absolute Gasteiger partial charge is 0.407 e. The molecule has 2 heterocycles. The highest BCUT2D eigenvalue weighted by Crippen LogP contribution is 2.58. The van der Waals surface area contributed by atoms with Gasteiger partial charge in [-0.2, -0.15) is 0 Å². The van der Waals surface area contributed by atoms with Crippen molar-refractivity contribution in [1.29, 1.82) is 0 Å². The first-order valence-corrected chi connectivity index (χ1v) is 22.5. The van der Waals surface area contributed by atoms with Gasteiger partial charge in [-0.25, -0.2) is 25.4 Å². The molecule has 4 amide bonds. The third-order valence-corrected chi connectivity index (χ3v) is 12.8. The summed E-state index contributed by atoms with van der Waals surface area (Å²) in [6, 6.07) is 18.4. The number of nitrogens with two attached hydrogens (primary N) is 1. The zero-order chi connectivity index (χ0) is 47.4. The predicted molar refractivity (Wildman–Crippen MR) is 254 cm³/mol. The van der Waals surface area contributed by atoms with E-state index >= 15 is 0 Å². The highest BCUT2D eigenvalue weighted by Gasteiger charge is 2.55. The molecule has 1 aliphatic carbocycles. The van der Waals surface area contributed by atoms with Gasteiger partial charge in [-0.05, 0) is 95.9 Å². The zero-order valence-electron chi connectivity index (χ0n) is 39.6. The largest absolute Gasteiger partial charge is 0.453 e. The van der Waals surface area contributed by atoms with Gasteiger partial charge < -0.3 is 34.9 Å². The van der Waals surface area contributed by atoms with Gasteiger partial charge in [0.1, 0.15) is 23.7 Å². The van der Waals surface area contributed by atoms with Crippen molar-refractivity contribution in [3.05, 3.63) is 91.0 Å². The van der Waals surface area contributed by atoms with Gasteiger partial charge in [0.25, 0.3) is 0 Å². The second kappa shape index (κ2) is 19.9. The molecule has 2 fully saturated rings. The number of fused-ring (bicyclic) bond motifs is 1. The maximum Gasteiger partial charge on any atom is 0.407 e. The van der Waals surface area contributed by atoms with Crippen molar-refractivity contribution in [2.75, 3.05) is 20.8 Å². The summed E-state index contributed by atoms with van der Waals surface area (Å²) in [5.74, 6) is 7.50. The predicted octanol–water partition coefficient (Wildman–Crippen LogP) is 8.34. The van der Waals surface area contributed by atoms with Crippen LogP contribution in [0, 0.1) is 16.7 Å². The quantitative estimate of drug-likeness (QED) is 0.0394. The number of aliphatic imine (C=N–C) groups is 1. The molecule has 15 nitrogen and oxygen atoms in total. The third-order valence-electron chi connectivity index (χ3n) is 12.8. The number of likely N-dealkylation sites (tertiary alicyclic amines) is 1. The Bertz CT molecular complexity index is 2400. The number of hydrogen-bond donors (Lipinski definition) is 4. The lowest BCUT2D eigenvalue weighted by atomic mass is 9.85. The van der Waals surface area contributed by atoms with Gasteiger partial charge in [0.15, 0.2) is 0 Å². The Balaban J connectivity index is 1.16. The van der Waals surface area contributed by atoms with E-state index in [0.29, 0.717) is 25.3 Å². The van der Waals surface area contributed by atoms with E-state index in [4.69, 9.17) is 20.3 Å². The number of amides is 4.